The summed E-state index contributed by atoms with van der Waals surface area (Å²) < 4.78 is 4.65. The van der Waals surface area contributed by atoms with E-state index in [4.69, 9.17) is 0 Å². The average molecular weight is 385 g/mol. The number of imidazole rings is 1. The standard InChI is InChI=1S/C23H19N3OS/c1-14-8-10-18(11-9-14)25-15(2)12-17(16(25)3)13-21-22(27)26-20-7-5-4-6-19(20)24-23(26)28-21/h4-13H,1-3H3/b21-13-. The largest absolute Gasteiger partial charge is 0.318 e. The highest BCUT2D eigenvalue weighted by atomic mass is 32.1. The molecule has 4 nitrogen and oxygen atoms in total. The summed E-state index contributed by atoms with van der Waals surface area (Å²) >= 11 is 1.44. The van der Waals surface area contributed by atoms with E-state index in [-0.39, 0.29) is 5.56 Å². The van der Waals surface area contributed by atoms with Crippen molar-refractivity contribution < 1.29 is 0 Å². The summed E-state index contributed by atoms with van der Waals surface area (Å²) in [5.74, 6) is 0. The monoisotopic (exact) mass is 385 g/mol. The van der Waals surface area contributed by atoms with Gasteiger partial charge in [0.05, 0.1) is 15.6 Å². The van der Waals surface area contributed by atoms with Crippen molar-refractivity contribution in [1.82, 2.24) is 14.0 Å². The summed E-state index contributed by atoms with van der Waals surface area (Å²) in [7, 11) is 0. The van der Waals surface area contributed by atoms with E-state index in [0.29, 0.717) is 4.53 Å². The lowest BCUT2D eigenvalue weighted by Crippen LogP contribution is -2.22. The predicted molar refractivity (Wildman–Crippen MR) is 116 cm³/mol. The molecule has 0 bridgehead atoms. The van der Waals surface area contributed by atoms with Crippen LogP contribution in [0.2, 0.25) is 0 Å². The fourth-order valence-electron chi connectivity index (χ4n) is 3.78. The number of aryl methyl sites for hydroxylation is 2. The Kier molecular flexibility index (Phi) is 3.74. The lowest BCUT2D eigenvalue weighted by atomic mass is 10.2. The van der Waals surface area contributed by atoms with Gasteiger partial charge in [0.2, 0.25) is 0 Å². The van der Waals surface area contributed by atoms with Gasteiger partial charge >= 0.3 is 0 Å². The van der Waals surface area contributed by atoms with Crippen LogP contribution in [0.15, 0.2) is 59.4 Å². The maximum atomic E-state index is 13.0. The van der Waals surface area contributed by atoms with Crippen LogP contribution in [0.5, 0.6) is 0 Å². The third kappa shape index (κ3) is 2.51. The van der Waals surface area contributed by atoms with Gasteiger partial charge in [0.15, 0.2) is 4.96 Å². The first kappa shape index (κ1) is 17.0. The van der Waals surface area contributed by atoms with Crippen LogP contribution in [0, 0.1) is 20.8 Å². The zero-order valence-electron chi connectivity index (χ0n) is 15.9. The molecule has 5 heteroatoms. The van der Waals surface area contributed by atoms with Crippen molar-refractivity contribution in [2.45, 2.75) is 20.8 Å². The molecule has 5 rings (SSSR count). The molecule has 5 aromatic rings. The molecule has 0 saturated heterocycles. The number of rotatable bonds is 2. The molecule has 138 valence electrons. The second-order valence-electron chi connectivity index (χ2n) is 7.13. The van der Waals surface area contributed by atoms with Gasteiger partial charge in [-0.3, -0.25) is 4.79 Å². The molecule has 0 atom stereocenters. The molecule has 3 aromatic heterocycles. The van der Waals surface area contributed by atoms with E-state index in [2.05, 4.69) is 60.7 Å². The number of thiazole rings is 1. The first-order valence-corrected chi connectivity index (χ1v) is 10.0. The Balaban J connectivity index is 1.70. The molecule has 0 aliphatic heterocycles. The second kappa shape index (κ2) is 6.17. The number of benzene rings is 2. The molecule has 0 amide bonds. The van der Waals surface area contributed by atoms with Crippen molar-refractivity contribution >= 4 is 33.4 Å². The van der Waals surface area contributed by atoms with E-state index in [9.17, 15) is 4.79 Å². The van der Waals surface area contributed by atoms with Crippen LogP contribution in [0.3, 0.4) is 0 Å². The molecule has 0 saturated carbocycles. The molecule has 28 heavy (non-hydrogen) atoms. The predicted octanol–water partition coefficient (Wildman–Crippen LogP) is 4.17. The van der Waals surface area contributed by atoms with Crippen LogP contribution in [-0.4, -0.2) is 14.0 Å². The number of hydrogen-bond donors (Lipinski definition) is 0. The van der Waals surface area contributed by atoms with Gasteiger partial charge in [0, 0.05) is 17.1 Å². The molecule has 0 spiro atoms. The Morgan fingerprint density at radius 3 is 2.54 bits per heavy atom. The molecule has 0 aliphatic rings. The lowest BCUT2D eigenvalue weighted by molar-refractivity contribution is 0.963. The van der Waals surface area contributed by atoms with Gasteiger partial charge in [0.25, 0.3) is 5.56 Å². The van der Waals surface area contributed by atoms with Gasteiger partial charge in [-0.25, -0.2) is 9.38 Å². The fraction of sp³-hybridized carbons (Fsp3) is 0.130. The van der Waals surface area contributed by atoms with E-state index in [1.54, 1.807) is 4.40 Å². The van der Waals surface area contributed by atoms with Crippen molar-refractivity contribution in [3.63, 3.8) is 0 Å². The summed E-state index contributed by atoms with van der Waals surface area (Å²) in [4.78, 5) is 18.3. The SMILES string of the molecule is Cc1ccc(-n2c(C)cc(/C=c3\sc4nc5ccccc5n4c3=O)c2C)cc1. The van der Waals surface area contributed by atoms with Crippen LogP contribution in [0.25, 0.3) is 27.8 Å². The van der Waals surface area contributed by atoms with Crippen LogP contribution in [0.4, 0.5) is 0 Å². The van der Waals surface area contributed by atoms with Crippen molar-refractivity contribution in [3.05, 3.63) is 92.0 Å². The Hall–Kier alpha value is -3.18. The Morgan fingerprint density at radius 1 is 1.00 bits per heavy atom. The third-order valence-electron chi connectivity index (χ3n) is 5.19. The number of para-hydroxylation sites is 2. The molecule has 2 aromatic carbocycles. The summed E-state index contributed by atoms with van der Waals surface area (Å²) in [6.07, 6.45) is 1.99. The van der Waals surface area contributed by atoms with Gasteiger partial charge in [-0.2, -0.15) is 0 Å². The topological polar surface area (TPSA) is 39.3 Å². The van der Waals surface area contributed by atoms with E-state index in [1.165, 1.54) is 16.9 Å². The molecule has 0 N–H and O–H groups in total. The Labute approximate surface area is 166 Å². The number of aromatic nitrogens is 3. The maximum absolute atomic E-state index is 13.0. The zero-order chi connectivity index (χ0) is 19.4. The molecule has 0 fully saturated rings. The highest BCUT2D eigenvalue weighted by Gasteiger charge is 2.13. The van der Waals surface area contributed by atoms with Crippen molar-refractivity contribution in [2.75, 3.05) is 0 Å². The number of nitrogens with zero attached hydrogens (tertiary/aromatic N) is 3. The Morgan fingerprint density at radius 2 is 1.75 bits per heavy atom. The van der Waals surface area contributed by atoms with Crippen LogP contribution < -0.4 is 10.1 Å². The van der Waals surface area contributed by atoms with Gasteiger partial charge in [-0.15, -0.1) is 0 Å². The highest BCUT2D eigenvalue weighted by Crippen LogP contribution is 2.22. The van der Waals surface area contributed by atoms with Crippen LogP contribution in [0.1, 0.15) is 22.5 Å². The third-order valence-corrected chi connectivity index (χ3v) is 6.16. The smallest absolute Gasteiger partial charge is 0.274 e. The fourth-order valence-corrected chi connectivity index (χ4v) is 4.76. The first-order valence-electron chi connectivity index (χ1n) is 9.20. The average Bonchev–Trinajstić information content (AvgIpc) is 3.28. The minimum atomic E-state index is -0.00570. The van der Waals surface area contributed by atoms with Gasteiger partial charge < -0.3 is 4.57 Å². The molecule has 0 aliphatic carbocycles. The van der Waals surface area contributed by atoms with E-state index >= 15 is 0 Å². The minimum Gasteiger partial charge on any atom is -0.318 e. The number of hydrogen-bond acceptors (Lipinski definition) is 3. The van der Waals surface area contributed by atoms with Gasteiger partial charge in [-0.05, 0) is 62.7 Å². The van der Waals surface area contributed by atoms with Crippen molar-refractivity contribution in [3.8, 4) is 5.69 Å². The number of fused-ring (bicyclic) bond motifs is 3. The van der Waals surface area contributed by atoms with Crippen molar-refractivity contribution in [1.29, 1.82) is 0 Å². The Bertz CT molecular complexity index is 1450. The van der Waals surface area contributed by atoms with Crippen molar-refractivity contribution in [2.24, 2.45) is 0 Å². The summed E-state index contributed by atoms with van der Waals surface area (Å²) in [5.41, 5.74) is 7.41. The van der Waals surface area contributed by atoms with E-state index in [1.807, 2.05) is 30.3 Å². The lowest BCUT2D eigenvalue weighted by Gasteiger charge is -2.09. The quantitative estimate of drug-likeness (QED) is 0.457. The highest BCUT2D eigenvalue weighted by molar-refractivity contribution is 7.15. The van der Waals surface area contributed by atoms with E-state index < -0.39 is 0 Å². The zero-order valence-corrected chi connectivity index (χ0v) is 16.7. The van der Waals surface area contributed by atoms with E-state index in [0.717, 1.165) is 38.6 Å². The summed E-state index contributed by atoms with van der Waals surface area (Å²) in [6, 6.07) is 18.4. The minimum absolute atomic E-state index is 0.00570. The molecule has 0 radical (unpaired) electrons. The normalized spacial score (nSPS) is 12.5. The first-order chi connectivity index (χ1) is 13.5. The van der Waals surface area contributed by atoms with Gasteiger partial charge in [-0.1, -0.05) is 41.2 Å². The maximum Gasteiger partial charge on any atom is 0.274 e. The molecular weight excluding hydrogens is 366 g/mol. The summed E-state index contributed by atoms with van der Waals surface area (Å²) in [6.45, 7) is 6.28. The molecule has 3 heterocycles. The van der Waals surface area contributed by atoms with Gasteiger partial charge in [0.1, 0.15) is 0 Å². The summed E-state index contributed by atoms with van der Waals surface area (Å²) in [5, 5.41) is 0. The second-order valence-corrected chi connectivity index (χ2v) is 8.14. The van der Waals surface area contributed by atoms with Crippen LogP contribution in [-0.2, 0) is 0 Å². The molecule has 0 unspecified atom stereocenters. The van der Waals surface area contributed by atoms with Crippen LogP contribution >= 0.6 is 11.3 Å². The molecular formula is C23H19N3OS.